The first-order valence-electron chi connectivity index (χ1n) is 11.9. The van der Waals surface area contributed by atoms with E-state index in [1.54, 1.807) is 13.3 Å². The molecule has 11 nitrogen and oxygen atoms in total. The molecule has 1 aliphatic carbocycles. The monoisotopic (exact) mass is 513 g/mol. The second-order valence-electron chi connectivity index (χ2n) is 8.93. The quantitative estimate of drug-likeness (QED) is 0.224. The molecule has 192 valence electrons. The summed E-state index contributed by atoms with van der Waals surface area (Å²) in [5.41, 5.74) is 10.3. The van der Waals surface area contributed by atoms with Crippen molar-refractivity contribution in [2.24, 2.45) is 5.16 Å². The van der Waals surface area contributed by atoms with Crippen molar-refractivity contribution in [1.29, 1.82) is 0 Å². The van der Waals surface area contributed by atoms with Crippen LogP contribution in [0.4, 0.5) is 5.82 Å². The molecule has 3 atom stereocenters. The van der Waals surface area contributed by atoms with Crippen molar-refractivity contribution in [3.8, 4) is 0 Å². The summed E-state index contributed by atoms with van der Waals surface area (Å²) in [4.78, 5) is 24.9. The second-order valence-corrected chi connectivity index (χ2v) is 10.4. The van der Waals surface area contributed by atoms with Gasteiger partial charge in [0.05, 0.1) is 30.8 Å². The number of hydrogen-bond donors (Lipinski definition) is 2. The van der Waals surface area contributed by atoms with E-state index in [-0.39, 0.29) is 24.5 Å². The van der Waals surface area contributed by atoms with Crippen LogP contribution in [0, 0.1) is 0 Å². The number of nitrogens with one attached hydrogen (secondary N) is 1. The molecule has 36 heavy (non-hydrogen) atoms. The van der Waals surface area contributed by atoms with Gasteiger partial charge < -0.3 is 24.4 Å². The van der Waals surface area contributed by atoms with Crippen LogP contribution in [0.3, 0.4) is 0 Å². The lowest BCUT2D eigenvalue weighted by molar-refractivity contribution is -0.148. The largest absolute Gasteiger partial charge is 0.462 e. The van der Waals surface area contributed by atoms with Gasteiger partial charge in [0.2, 0.25) is 8.30 Å². The Kier molecular flexibility index (Phi) is 8.45. The maximum absolute atomic E-state index is 12.4. The summed E-state index contributed by atoms with van der Waals surface area (Å²) >= 11 is 0. The molecule has 0 amide bonds. The maximum Gasteiger partial charge on any atom is 0.323 e. The SMILES string of the molecule is CC(C)OC(=O)[C@H](C)NP(CO[C@H](C)Cn1cnc2c(N)ncnc21)O/N=C1\CCc2ccccc21. The fourth-order valence-corrected chi connectivity index (χ4v) is 5.14. The smallest absolute Gasteiger partial charge is 0.323 e. The van der Waals surface area contributed by atoms with Gasteiger partial charge in [-0.1, -0.05) is 29.4 Å². The zero-order valence-corrected chi connectivity index (χ0v) is 21.8. The van der Waals surface area contributed by atoms with E-state index in [9.17, 15) is 4.79 Å². The number of anilines is 1. The van der Waals surface area contributed by atoms with Gasteiger partial charge in [0.15, 0.2) is 11.5 Å². The number of rotatable bonds is 11. The van der Waals surface area contributed by atoms with Crippen LogP contribution in [0.25, 0.3) is 11.2 Å². The van der Waals surface area contributed by atoms with Gasteiger partial charge in [-0.15, -0.1) is 0 Å². The lowest BCUT2D eigenvalue weighted by Gasteiger charge is -2.22. The van der Waals surface area contributed by atoms with Crippen LogP contribution in [0.15, 0.2) is 42.1 Å². The number of carbonyl (C=O) groups is 1. The van der Waals surface area contributed by atoms with Crippen LogP contribution >= 0.6 is 8.30 Å². The van der Waals surface area contributed by atoms with Gasteiger partial charge in [0.25, 0.3) is 0 Å². The Morgan fingerprint density at radius 2 is 2.00 bits per heavy atom. The molecule has 0 radical (unpaired) electrons. The standard InChI is InChI=1S/C24H32N7O4P/c1-15(2)34-24(32)17(4)30-36(35-29-20-10-9-18-7-5-6-8-19(18)20)14-33-16(3)11-31-13-28-21-22(25)26-12-27-23(21)31/h5-8,12-13,15-17,30H,9-11,14H2,1-4H3,(H2,25,26,27)/b29-20+/t16-,17+,36?/m1/s1. The van der Waals surface area contributed by atoms with Crippen LogP contribution in [-0.2, 0) is 31.9 Å². The van der Waals surface area contributed by atoms with E-state index in [0.717, 1.165) is 24.1 Å². The Balaban J connectivity index is 1.41. The molecule has 1 unspecified atom stereocenters. The van der Waals surface area contributed by atoms with Gasteiger partial charge in [0, 0.05) is 5.56 Å². The summed E-state index contributed by atoms with van der Waals surface area (Å²) in [5, 5.41) is 7.65. The topological polar surface area (TPSA) is 139 Å². The van der Waals surface area contributed by atoms with Gasteiger partial charge in [0.1, 0.15) is 24.2 Å². The van der Waals surface area contributed by atoms with E-state index < -0.39 is 14.3 Å². The average molecular weight is 514 g/mol. The molecule has 0 bridgehead atoms. The molecule has 1 aromatic carbocycles. The lowest BCUT2D eigenvalue weighted by Crippen LogP contribution is -2.34. The Hall–Kier alpha value is -3.14. The van der Waals surface area contributed by atoms with Crippen LogP contribution < -0.4 is 10.8 Å². The molecule has 3 aromatic rings. The van der Waals surface area contributed by atoms with Gasteiger partial charge >= 0.3 is 5.97 Å². The number of oxime groups is 1. The minimum atomic E-state index is -1.43. The third-order valence-electron chi connectivity index (χ3n) is 5.61. The van der Waals surface area contributed by atoms with Gasteiger partial charge in [-0.05, 0) is 46.1 Å². The first-order valence-corrected chi connectivity index (χ1v) is 13.4. The molecule has 2 aromatic heterocycles. The summed E-state index contributed by atoms with van der Waals surface area (Å²) in [6.07, 6.45) is 4.63. The number of fused-ring (bicyclic) bond motifs is 2. The van der Waals surface area contributed by atoms with Crippen molar-refractivity contribution in [2.75, 3.05) is 12.1 Å². The zero-order valence-electron chi connectivity index (χ0n) is 20.9. The molecule has 0 aliphatic heterocycles. The van der Waals surface area contributed by atoms with Gasteiger partial charge in [-0.3, -0.25) is 4.79 Å². The molecule has 12 heteroatoms. The Morgan fingerprint density at radius 3 is 2.81 bits per heavy atom. The maximum atomic E-state index is 12.4. The van der Waals surface area contributed by atoms with E-state index in [4.69, 9.17) is 19.8 Å². The highest BCUT2D eigenvalue weighted by Crippen LogP contribution is 2.35. The number of aromatic nitrogens is 4. The number of nitrogens with two attached hydrogens (primary N) is 1. The molecule has 1 aliphatic rings. The first-order chi connectivity index (χ1) is 17.3. The summed E-state index contributed by atoms with van der Waals surface area (Å²) < 4.78 is 19.2. The van der Waals surface area contributed by atoms with Crippen LogP contribution in [0.1, 0.15) is 45.2 Å². The summed E-state index contributed by atoms with van der Waals surface area (Å²) in [5.74, 6) is -0.0153. The predicted octanol–water partition coefficient (Wildman–Crippen LogP) is 3.38. The minimum Gasteiger partial charge on any atom is -0.462 e. The highest BCUT2D eigenvalue weighted by molar-refractivity contribution is 7.50. The highest BCUT2D eigenvalue weighted by atomic mass is 31.2. The fourth-order valence-electron chi connectivity index (χ4n) is 3.85. The number of nitrogen functional groups attached to an aromatic ring is 1. The van der Waals surface area contributed by atoms with Crippen molar-refractivity contribution >= 4 is 37.0 Å². The van der Waals surface area contributed by atoms with E-state index in [1.807, 2.05) is 43.5 Å². The number of carbonyl (C=O) groups excluding carboxylic acids is 1. The zero-order chi connectivity index (χ0) is 25.7. The van der Waals surface area contributed by atoms with Crippen LogP contribution in [0.5, 0.6) is 0 Å². The Morgan fingerprint density at radius 1 is 1.19 bits per heavy atom. The summed E-state index contributed by atoms with van der Waals surface area (Å²) in [7, 11) is -1.43. The number of benzene rings is 1. The molecule has 3 N–H and O–H groups in total. The van der Waals surface area contributed by atoms with Gasteiger partial charge in [-0.25, -0.2) is 20.0 Å². The molecule has 0 fully saturated rings. The first kappa shape index (κ1) is 25.9. The highest BCUT2D eigenvalue weighted by Gasteiger charge is 2.24. The molecule has 2 heterocycles. The Bertz CT molecular complexity index is 1230. The minimum absolute atomic E-state index is 0.202. The van der Waals surface area contributed by atoms with Crippen molar-refractivity contribution in [1.82, 2.24) is 24.6 Å². The van der Waals surface area contributed by atoms with E-state index >= 15 is 0 Å². The van der Waals surface area contributed by atoms with E-state index in [0.29, 0.717) is 23.5 Å². The molecular weight excluding hydrogens is 481 g/mol. The average Bonchev–Trinajstić information content (AvgIpc) is 3.45. The number of hydrogen-bond acceptors (Lipinski definition) is 10. The molecule has 0 spiro atoms. The number of nitrogens with zero attached hydrogens (tertiary/aromatic N) is 5. The summed E-state index contributed by atoms with van der Waals surface area (Å²) in [6.45, 7) is 7.82. The lowest BCUT2D eigenvalue weighted by atomic mass is 10.1. The third kappa shape index (κ3) is 6.34. The van der Waals surface area contributed by atoms with Crippen molar-refractivity contribution in [2.45, 2.75) is 65.3 Å². The summed E-state index contributed by atoms with van der Waals surface area (Å²) in [6, 6.07) is 7.59. The number of aryl methyl sites for hydroxylation is 1. The molecular formula is C24H32N7O4P. The number of imidazole rings is 1. The van der Waals surface area contributed by atoms with Crippen molar-refractivity contribution < 1.29 is 18.9 Å². The van der Waals surface area contributed by atoms with Crippen LogP contribution in [0.2, 0.25) is 0 Å². The fraction of sp³-hybridized carbons (Fsp3) is 0.458. The van der Waals surface area contributed by atoms with E-state index in [2.05, 4.69) is 31.3 Å². The predicted molar refractivity (Wildman–Crippen MR) is 138 cm³/mol. The Labute approximate surface area is 211 Å². The number of esters is 1. The number of ether oxygens (including phenoxy) is 2. The molecule has 0 saturated carbocycles. The molecule has 4 rings (SSSR count). The van der Waals surface area contributed by atoms with Crippen molar-refractivity contribution in [3.63, 3.8) is 0 Å². The van der Waals surface area contributed by atoms with E-state index in [1.165, 1.54) is 11.9 Å². The second kappa shape index (κ2) is 11.7. The third-order valence-corrected chi connectivity index (χ3v) is 6.95. The van der Waals surface area contributed by atoms with Crippen molar-refractivity contribution in [3.05, 3.63) is 48.0 Å². The molecule has 0 saturated heterocycles. The van der Waals surface area contributed by atoms with Gasteiger partial charge in [-0.2, -0.15) is 0 Å². The normalized spacial score (nSPS) is 16.8. The van der Waals surface area contributed by atoms with Crippen LogP contribution in [-0.4, -0.2) is 55.8 Å².